The van der Waals surface area contributed by atoms with Crippen molar-refractivity contribution in [3.63, 3.8) is 0 Å². The molecule has 1 amide bonds. The third kappa shape index (κ3) is 3.34. The number of para-hydroxylation sites is 2. The van der Waals surface area contributed by atoms with Crippen LogP contribution in [0.15, 0.2) is 63.8 Å². The molecule has 0 radical (unpaired) electrons. The van der Waals surface area contributed by atoms with Crippen LogP contribution >= 0.6 is 0 Å². The molecule has 4 rings (SSSR count). The van der Waals surface area contributed by atoms with Gasteiger partial charge in [-0.25, -0.2) is 9.78 Å². The Morgan fingerprint density at radius 1 is 1.11 bits per heavy atom. The SMILES string of the molecule is O=C(Cn1c(C(F)(F)F)nc2ccccc21)Nc1ccc2oc(=O)ccc2c1. The number of fused-ring (bicyclic) bond motifs is 2. The van der Waals surface area contributed by atoms with Gasteiger partial charge >= 0.3 is 11.8 Å². The number of halogens is 3. The van der Waals surface area contributed by atoms with Gasteiger partial charge in [-0.3, -0.25) is 4.79 Å². The van der Waals surface area contributed by atoms with E-state index >= 15 is 0 Å². The second-order valence-corrected chi connectivity index (χ2v) is 6.06. The average Bonchev–Trinajstić information content (AvgIpc) is 3.01. The third-order valence-corrected chi connectivity index (χ3v) is 4.11. The fourth-order valence-electron chi connectivity index (χ4n) is 2.95. The van der Waals surface area contributed by atoms with Crippen molar-refractivity contribution in [1.82, 2.24) is 9.55 Å². The quantitative estimate of drug-likeness (QED) is 0.543. The van der Waals surface area contributed by atoms with E-state index in [0.717, 1.165) is 4.57 Å². The molecule has 1 N–H and O–H groups in total. The highest BCUT2D eigenvalue weighted by Crippen LogP contribution is 2.31. The van der Waals surface area contributed by atoms with Crippen LogP contribution in [-0.2, 0) is 17.5 Å². The molecule has 0 aliphatic carbocycles. The van der Waals surface area contributed by atoms with Gasteiger partial charge in [0, 0.05) is 17.1 Å². The van der Waals surface area contributed by atoms with Crippen LogP contribution in [0.25, 0.3) is 22.0 Å². The zero-order chi connectivity index (χ0) is 19.9. The monoisotopic (exact) mass is 387 g/mol. The van der Waals surface area contributed by atoms with Crippen LogP contribution in [0.3, 0.4) is 0 Å². The van der Waals surface area contributed by atoms with Crippen LogP contribution in [-0.4, -0.2) is 15.5 Å². The molecule has 0 saturated heterocycles. The van der Waals surface area contributed by atoms with Crippen molar-refractivity contribution in [2.75, 3.05) is 5.32 Å². The summed E-state index contributed by atoms with van der Waals surface area (Å²) in [4.78, 5) is 27.2. The molecule has 28 heavy (non-hydrogen) atoms. The normalized spacial score (nSPS) is 11.8. The van der Waals surface area contributed by atoms with Crippen LogP contribution in [0.1, 0.15) is 5.82 Å². The number of nitrogens with zero attached hydrogens (tertiary/aromatic N) is 2. The van der Waals surface area contributed by atoms with E-state index in [1.165, 1.54) is 36.4 Å². The van der Waals surface area contributed by atoms with Crippen molar-refractivity contribution in [3.8, 4) is 0 Å². The lowest BCUT2D eigenvalue weighted by molar-refractivity contribution is -0.147. The van der Waals surface area contributed by atoms with Crippen molar-refractivity contribution in [1.29, 1.82) is 0 Å². The van der Waals surface area contributed by atoms with E-state index in [2.05, 4.69) is 10.3 Å². The molecule has 0 aliphatic heterocycles. The van der Waals surface area contributed by atoms with Gasteiger partial charge in [-0.2, -0.15) is 13.2 Å². The molecule has 0 saturated carbocycles. The van der Waals surface area contributed by atoms with Gasteiger partial charge in [-0.15, -0.1) is 0 Å². The summed E-state index contributed by atoms with van der Waals surface area (Å²) in [5, 5.41) is 3.13. The zero-order valence-electron chi connectivity index (χ0n) is 14.2. The fraction of sp³-hybridized carbons (Fsp3) is 0.105. The van der Waals surface area contributed by atoms with Gasteiger partial charge in [-0.05, 0) is 36.4 Å². The molecule has 0 atom stereocenters. The van der Waals surface area contributed by atoms with Crippen LogP contribution in [0, 0.1) is 0 Å². The molecule has 2 aromatic carbocycles. The van der Waals surface area contributed by atoms with E-state index in [9.17, 15) is 22.8 Å². The number of nitrogens with one attached hydrogen (secondary N) is 1. The lowest BCUT2D eigenvalue weighted by Crippen LogP contribution is -2.23. The van der Waals surface area contributed by atoms with E-state index in [4.69, 9.17) is 4.42 Å². The number of hydrogen-bond acceptors (Lipinski definition) is 4. The maximum Gasteiger partial charge on any atom is 0.449 e. The minimum absolute atomic E-state index is 0.156. The van der Waals surface area contributed by atoms with Crippen LogP contribution < -0.4 is 10.9 Å². The average molecular weight is 387 g/mol. The van der Waals surface area contributed by atoms with Crippen molar-refractivity contribution in [3.05, 3.63) is 70.8 Å². The van der Waals surface area contributed by atoms with Crippen molar-refractivity contribution >= 4 is 33.6 Å². The largest absolute Gasteiger partial charge is 0.449 e. The van der Waals surface area contributed by atoms with Crippen molar-refractivity contribution < 1.29 is 22.4 Å². The number of hydrogen-bond donors (Lipinski definition) is 1. The smallest absolute Gasteiger partial charge is 0.423 e. The van der Waals surface area contributed by atoms with Gasteiger partial charge in [0.05, 0.1) is 11.0 Å². The summed E-state index contributed by atoms with van der Waals surface area (Å²) in [6.07, 6.45) is -4.69. The number of rotatable bonds is 3. The Bertz CT molecular complexity index is 1260. The molecule has 0 bridgehead atoms. The number of benzene rings is 2. The van der Waals surface area contributed by atoms with Gasteiger partial charge in [0.15, 0.2) is 0 Å². The van der Waals surface area contributed by atoms with Crippen molar-refractivity contribution in [2.24, 2.45) is 0 Å². The Hall–Kier alpha value is -3.62. The summed E-state index contributed by atoms with van der Waals surface area (Å²) >= 11 is 0. The van der Waals surface area contributed by atoms with Crippen LogP contribution in [0.5, 0.6) is 0 Å². The molecule has 0 fully saturated rings. The molecule has 142 valence electrons. The number of anilines is 1. The first kappa shape index (κ1) is 17.8. The van der Waals surface area contributed by atoms with E-state index < -0.39 is 30.1 Å². The molecule has 9 heteroatoms. The maximum absolute atomic E-state index is 13.3. The first-order valence-electron chi connectivity index (χ1n) is 8.17. The second kappa shape index (κ2) is 6.52. The molecule has 0 unspecified atom stereocenters. The predicted octanol–water partition coefficient (Wildman–Crippen LogP) is 3.80. The Morgan fingerprint density at radius 3 is 2.68 bits per heavy atom. The molecule has 0 spiro atoms. The Morgan fingerprint density at radius 2 is 1.89 bits per heavy atom. The summed E-state index contributed by atoms with van der Waals surface area (Å²) in [7, 11) is 0. The summed E-state index contributed by atoms with van der Waals surface area (Å²) in [6, 6.07) is 13.4. The molecular weight excluding hydrogens is 375 g/mol. The Kier molecular flexibility index (Phi) is 4.14. The number of imidazole rings is 1. The van der Waals surface area contributed by atoms with E-state index in [-0.39, 0.29) is 11.0 Å². The van der Waals surface area contributed by atoms with Gasteiger partial charge in [0.25, 0.3) is 0 Å². The molecule has 2 heterocycles. The number of carbonyl (C=O) groups excluding carboxylic acids is 1. The molecule has 0 aliphatic rings. The summed E-state index contributed by atoms with van der Waals surface area (Å²) < 4.78 is 45.8. The lowest BCUT2D eigenvalue weighted by Gasteiger charge is -2.12. The number of carbonyl (C=O) groups is 1. The maximum atomic E-state index is 13.3. The molecule has 2 aromatic heterocycles. The van der Waals surface area contributed by atoms with E-state index in [1.807, 2.05) is 0 Å². The minimum atomic E-state index is -4.69. The number of amides is 1. The second-order valence-electron chi connectivity index (χ2n) is 6.06. The predicted molar refractivity (Wildman–Crippen MR) is 95.8 cm³/mol. The van der Waals surface area contributed by atoms with Crippen LogP contribution in [0.4, 0.5) is 18.9 Å². The Labute approximate surface area is 155 Å². The topological polar surface area (TPSA) is 77.1 Å². The zero-order valence-corrected chi connectivity index (χ0v) is 14.2. The standard InChI is InChI=1S/C19H12F3N3O3/c20-19(21,22)18-24-13-3-1-2-4-14(13)25(18)10-16(26)23-12-6-7-15-11(9-12)5-8-17(27)28-15/h1-9H,10H2,(H,23,26). The number of alkyl halides is 3. The summed E-state index contributed by atoms with van der Waals surface area (Å²) in [5.41, 5.74) is 0.569. The molecular formula is C19H12F3N3O3. The van der Waals surface area contributed by atoms with Gasteiger partial charge in [-0.1, -0.05) is 12.1 Å². The highest BCUT2D eigenvalue weighted by molar-refractivity contribution is 5.94. The summed E-state index contributed by atoms with van der Waals surface area (Å²) in [6.45, 7) is -0.558. The van der Waals surface area contributed by atoms with Crippen LogP contribution in [0.2, 0.25) is 0 Å². The first-order chi connectivity index (χ1) is 13.3. The number of aromatic nitrogens is 2. The van der Waals surface area contributed by atoms with Gasteiger partial charge < -0.3 is 14.3 Å². The Balaban J connectivity index is 1.64. The fourth-order valence-corrected chi connectivity index (χ4v) is 2.95. The highest BCUT2D eigenvalue weighted by Gasteiger charge is 2.38. The molecule has 4 aromatic rings. The minimum Gasteiger partial charge on any atom is -0.423 e. The van der Waals surface area contributed by atoms with E-state index in [0.29, 0.717) is 16.7 Å². The molecule has 6 nitrogen and oxygen atoms in total. The van der Waals surface area contributed by atoms with Crippen molar-refractivity contribution in [2.45, 2.75) is 12.7 Å². The summed E-state index contributed by atoms with van der Waals surface area (Å²) in [5.74, 6) is -1.78. The first-order valence-corrected chi connectivity index (χ1v) is 8.17. The third-order valence-electron chi connectivity index (χ3n) is 4.11. The van der Waals surface area contributed by atoms with Gasteiger partial charge in [0.2, 0.25) is 11.7 Å². The van der Waals surface area contributed by atoms with Gasteiger partial charge in [0.1, 0.15) is 12.1 Å². The lowest BCUT2D eigenvalue weighted by atomic mass is 10.2. The highest BCUT2D eigenvalue weighted by atomic mass is 19.4. The van der Waals surface area contributed by atoms with E-state index in [1.54, 1.807) is 18.2 Å².